The molecular formula is C31H34N6O6. The fraction of sp³-hybridized carbons (Fsp3) is 0.323. The second-order valence-electron chi connectivity index (χ2n) is 10.1. The average molecular weight is 587 g/mol. The smallest absolute Gasteiger partial charge is 0.249 e. The van der Waals surface area contributed by atoms with Crippen LogP contribution in [0.5, 0.6) is 11.5 Å². The van der Waals surface area contributed by atoms with Crippen LogP contribution in [0.4, 0.5) is 11.4 Å². The summed E-state index contributed by atoms with van der Waals surface area (Å²) < 4.78 is 18.3. The molecule has 4 aromatic rings. The van der Waals surface area contributed by atoms with E-state index in [1.807, 2.05) is 24.3 Å². The Bertz CT molecular complexity index is 1600. The first-order valence-electron chi connectivity index (χ1n) is 14.0. The normalized spacial score (nSPS) is 15.1. The molecular weight excluding hydrogens is 552 g/mol. The van der Waals surface area contributed by atoms with Gasteiger partial charge >= 0.3 is 0 Å². The third-order valence-corrected chi connectivity index (χ3v) is 7.21. The third kappa shape index (κ3) is 6.75. The molecule has 0 unspecified atom stereocenters. The summed E-state index contributed by atoms with van der Waals surface area (Å²) in [6, 6.07) is 18.0. The maximum atomic E-state index is 14.3. The van der Waals surface area contributed by atoms with Gasteiger partial charge in [-0.1, -0.05) is 17.3 Å². The van der Waals surface area contributed by atoms with Crippen molar-refractivity contribution in [3.8, 4) is 11.5 Å². The van der Waals surface area contributed by atoms with E-state index in [1.54, 1.807) is 42.5 Å². The van der Waals surface area contributed by atoms with Gasteiger partial charge in [0, 0.05) is 43.1 Å². The highest BCUT2D eigenvalue weighted by Crippen LogP contribution is 2.36. The number of anilines is 2. The number of methoxy groups -OCH3 is 2. The first kappa shape index (κ1) is 29.5. The molecule has 3 amide bonds. The molecule has 1 fully saturated rings. The lowest BCUT2D eigenvalue weighted by atomic mass is 10.0. The number of nitrogens with one attached hydrogen (secondary N) is 2. The molecule has 0 spiro atoms. The van der Waals surface area contributed by atoms with Crippen molar-refractivity contribution >= 4 is 40.1 Å². The third-order valence-electron chi connectivity index (χ3n) is 7.21. The van der Waals surface area contributed by atoms with Crippen molar-refractivity contribution < 1.29 is 28.6 Å². The van der Waals surface area contributed by atoms with Gasteiger partial charge in [0.2, 0.25) is 17.7 Å². The van der Waals surface area contributed by atoms with Gasteiger partial charge in [-0.15, -0.1) is 5.10 Å². The zero-order chi connectivity index (χ0) is 30.3. The Labute approximate surface area is 248 Å². The zero-order valence-electron chi connectivity index (χ0n) is 24.3. The number of hydrogen-bond donors (Lipinski definition) is 2. The summed E-state index contributed by atoms with van der Waals surface area (Å²) in [5.41, 5.74) is 2.75. The Morgan fingerprint density at radius 2 is 1.86 bits per heavy atom. The number of rotatable bonds is 11. The van der Waals surface area contributed by atoms with Crippen molar-refractivity contribution in [2.45, 2.75) is 38.5 Å². The van der Waals surface area contributed by atoms with E-state index in [0.29, 0.717) is 52.6 Å². The number of para-hydroxylation sites is 1. The molecule has 1 aliphatic heterocycles. The molecule has 43 heavy (non-hydrogen) atoms. The molecule has 12 heteroatoms. The number of hydrogen-bond acceptors (Lipinski definition) is 8. The lowest BCUT2D eigenvalue weighted by Crippen LogP contribution is -2.46. The first-order valence-corrected chi connectivity index (χ1v) is 14.0. The molecule has 0 saturated carbocycles. The van der Waals surface area contributed by atoms with Gasteiger partial charge in [-0.05, 0) is 61.4 Å². The summed E-state index contributed by atoms with van der Waals surface area (Å²) in [5.74, 6) is -0.158. The Morgan fingerprint density at radius 1 is 1.07 bits per heavy atom. The van der Waals surface area contributed by atoms with E-state index in [2.05, 4.69) is 20.9 Å². The molecule has 0 aliphatic carbocycles. The van der Waals surface area contributed by atoms with Gasteiger partial charge in [-0.2, -0.15) is 0 Å². The molecule has 2 atom stereocenters. The standard InChI is InChI=1S/C31H34N6O6/c1-20(38)33-21-10-12-22(13-11-21)37(29(39)19-36-27-9-5-4-8-26(27)34-35-36)30(31(40)32-18-24-7-6-16-43-24)25-15-14-23(41-2)17-28(25)42-3/h4-5,8-15,17,24,30H,6-7,16,18-19H2,1-3H3,(H,32,40)(H,33,38)/t24-,30+/m1/s1. The average Bonchev–Trinajstić information content (AvgIpc) is 3.69. The van der Waals surface area contributed by atoms with E-state index < -0.39 is 17.9 Å². The fourth-order valence-corrected chi connectivity index (χ4v) is 5.14. The van der Waals surface area contributed by atoms with Crippen molar-refractivity contribution in [1.29, 1.82) is 0 Å². The highest BCUT2D eigenvalue weighted by molar-refractivity contribution is 6.02. The summed E-state index contributed by atoms with van der Waals surface area (Å²) in [6.45, 7) is 2.16. The monoisotopic (exact) mass is 586 g/mol. The van der Waals surface area contributed by atoms with Gasteiger partial charge in [-0.3, -0.25) is 19.3 Å². The highest BCUT2D eigenvalue weighted by atomic mass is 16.5. The van der Waals surface area contributed by atoms with Crippen LogP contribution in [-0.2, 0) is 25.7 Å². The Kier molecular flexibility index (Phi) is 9.16. The van der Waals surface area contributed by atoms with Gasteiger partial charge in [0.25, 0.3) is 0 Å². The largest absolute Gasteiger partial charge is 0.497 e. The minimum atomic E-state index is -1.14. The molecule has 1 saturated heterocycles. The summed E-state index contributed by atoms with van der Waals surface area (Å²) in [6.07, 6.45) is 1.65. The SMILES string of the molecule is COc1ccc([C@@H](C(=O)NC[C@H]2CCCO2)N(C(=O)Cn2nnc3ccccc32)c2ccc(NC(C)=O)cc2)c(OC)c1. The van der Waals surface area contributed by atoms with Crippen molar-refractivity contribution in [3.05, 3.63) is 72.3 Å². The predicted octanol–water partition coefficient (Wildman–Crippen LogP) is 3.48. The van der Waals surface area contributed by atoms with E-state index in [4.69, 9.17) is 14.2 Å². The summed E-state index contributed by atoms with van der Waals surface area (Å²) in [7, 11) is 3.03. The summed E-state index contributed by atoms with van der Waals surface area (Å²) in [4.78, 5) is 41.5. The molecule has 5 rings (SSSR count). The topological polar surface area (TPSA) is 137 Å². The summed E-state index contributed by atoms with van der Waals surface area (Å²) >= 11 is 0. The molecule has 1 aromatic heterocycles. The van der Waals surface area contributed by atoms with Crippen molar-refractivity contribution in [1.82, 2.24) is 20.3 Å². The molecule has 12 nitrogen and oxygen atoms in total. The van der Waals surface area contributed by atoms with Crippen LogP contribution in [0.2, 0.25) is 0 Å². The van der Waals surface area contributed by atoms with Crippen LogP contribution in [-0.4, -0.2) is 66.2 Å². The number of amides is 3. The van der Waals surface area contributed by atoms with Gasteiger partial charge < -0.3 is 24.8 Å². The molecule has 0 bridgehead atoms. The number of benzene rings is 3. The Morgan fingerprint density at radius 3 is 2.56 bits per heavy atom. The minimum Gasteiger partial charge on any atom is -0.497 e. The molecule has 2 N–H and O–H groups in total. The van der Waals surface area contributed by atoms with E-state index in [0.717, 1.165) is 12.8 Å². The molecule has 1 aliphatic rings. The summed E-state index contributed by atoms with van der Waals surface area (Å²) in [5, 5.41) is 14.1. The van der Waals surface area contributed by atoms with Crippen molar-refractivity contribution in [3.63, 3.8) is 0 Å². The van der Waals surface area contributed by atoms with Crippen LogP contribution < -0.4 is 25.0 Å². The first-order chi connectivity index (χ1) is 20.9. The van der Waals surface area contributed by atoms with Crippen LogP contribution in [0.3, 0.4) is 0 Å². The van der Waals surface area contributed by atoms with Crippen LogP contribution >= 0.6 is 0 Å². The molecule has 2 heterocycles. The van der Waals surface area contributed by atoms with Crippen molar-refractivity contribution in [2.75, 3.05) is 37.6 Å². The maximum Gasteiger partial charge on any atom is 0.249 e. The van der Waals surface area contributed by atoms with E-state index in [1.165, 1.54) is 30.7 Å². The molecule has 224 valence electrons. The number of ether oxygens (including phenoxy) is 3. The second kappa shape index (κ2) is 13.3. The zero-order valence-corrected chi connectivity index (χ0v) is 24.3. The van der Waals surface area contributed by atoms with E-state index in [-0.39, 0.29) is 18.6 Å². The Hall–Kier alpha value is -4.97. The van der Waals surface area contributed by atoms with Crippen LogP contribution in [0.1, 0.15) is 31.4 Å². The van der Waals surface area contributed by atoms with Crippen LogP contribution in [0, 0.1) is 0 Å². The van der Waals surface area contributed by atoms with Gasteiger partial charge in [0.15, 0.2) is 0 Å². The number of carbonyl (C=O) groups is 3. The van der Waals surface area contributed by atoms with E-state index in [9.17, 15) is 14.4 Å². The predicted molar refractivity (Wildman–Crippen MR) is 160 cm³/mol. The second-order valence-corrected chi connectivity index (χ2v) is 10.1. The number of nitrogens with zero attached hydrogens (tertiary/aromatic N) is 4. The van der Waals surface area contributed by atoms with Crippen LogP contribution in [0.25, 0.3) is 11.0 Å². The van der Waals surface area contributed by atoms with Gasteiger partial charge in [0.1, 0.15) is 29.6 Å². The lowest BCUT2D eigenvalue weighted by Gasteiger charge is -2.32. The fourth-order valence-electron chi connectivity index (χ4n) is 5.14. The minimum absolute atomic E-state index is 0.107. The molecule has 0 radical (unpaired) electrons. The number of fused-ring (bicyclic) bond motifs is 1. The van der Waals surface area contributed by atoms with Crippen LogP contribution in [0.15, 0.2) is 66.7 Å². The molecule has 3 aromatic carbocycles. The maximum absolute atomic E-state index is 14.3. The Balaban J connectivity index is 1.59. The van der Waals surface area contributed by atoms with Crippen molar-refractivity contribution in [2.24, 2.45) is 0 Å². The van der Waals surface area contributed by atoms with Gasteiger partial charge in [0.05, 0.1) is 25.8 Å². The number of carbonyl (C=O) groups excluding carboxylic acids is 3. The highest BCUT2D eigenvalue weighted by Gasteiger charge is 2.36. The van der Waals surface area contributed by atoms with Gasteiger partial charge in [-0.25, -0.2) is 4.68 Å². The quantitative estimate of drug-likeness (QED) is 0.273. The lowest BCUT2D eigenvalue weighted by molar-refractivity contribution is -0.127. The number of aromatic nitrogens is 3. The van der Waals surface area contributed by atoms with E-state index >= 15 is 0 Å².